The van der Waals surface area contributed by atoms with Crippen molar-refractivity contribution in [2.75, 3.05) is 45.9 Å². The summed E-state index contributed by atoms with van der Waals surface area (Å²) >= 11 is 0. The van der Waals surface area contributed by atoms with Gasteiger partial charge in [0.2, 0.25) is 0 Å². The van der Waals surface area contributed by atoms with Gasteiger partial charge >= 0.3 is 0 Å². The molecule has 1 N–H and O–H groups in total. The SMILES string of the molecule is CCC1COCCN1CC(O)CN1CC(C)OC(C)C1. The van der Waals surface area contributed by atoms with Crippen LogP contribution < -0.4 is 0 Å². The lowest BCUT2D eigenvalue weighted by atomic mass is 10.1. The van der Waals surface area contributed by atoms with Gasteiger partial charge in [-0.05, 0) is 20.3 Å². The Morgan fingerprint density at radius 2 is 1.90 bits per heavy atom. The monoisotopic (exact) mass is 286 g/mol. The largest absolute Gasteiger partial charge is 0.390 e. The number of ether oxygens (including phenoxy) is 2. The summed E-state index contributed by atoms with van der Waals surface area (Å²) in [5, 5.41) is 10.4. The summed E-state index contributed by atoms with van der Waals surface area (Å²) < 4.78 is 11.2. The maximum atomic E-state index is 10.4. The molecule has 0 aromatic heterocycles. The highest BCUT2D eigenvalue weighted by atomic mass is 16.5. The summed E-state index contributed by atoms with van der Waals surface area (Å²) in [6.45, 7) is 12.2. The predicted molar refractivity (Wildman–Crippen MR) is 78.9 cm³/mol. The molecule has 5 nitrogen and oxygen atoms in total. The summed E-state index contributed by atoms with van der Waals surface area (Å²) in [4.78, 5) is 4.70. The average Bonchev–Trinajstić information content (AvgIpc) is 2.37. The Balaban J connectivity index is 1.77. The lowest BCUT2D eigenvalue weighted by Gasteiger charge is -2.39. The molecule has 4 atom stereocenters. The molecule has 0 saturated carbocycles. The third-order valence-electron chi connectivity index (χ3n) is 4.23. The van der Waals surface area contributed by atoms with Crippen LogP contribution in [0.3, 0.4) is 0 Å². The minimum Gasteiger partial charge on any atom is -0.390 e. The number of β-amino-alcohol motifs (C(OH)–C–C–N with tert-alkyl or cyclic N) is 1. The van der Waals surface area contributed by atoms with Gasteiger partial charge in [0.25, 0.3) is 0 Å². The quantitative estimate of drug-likeness (QED) is 0.800. The van der Waals surface area contributed by atoms with Gasteiger partial charge in [0.1, 0.15) is 0 Å². The van der Waals surface area contributed by atoms with Gasteiger partial charge < -0.3 is 14.6 Å². The van der Waals surface area contributed by atoms with E-state index in [-0.39, 0.29) is 18.3 Å². The van der Waals surface area contributed by atoms with E-state index in [1.807, 2.05) is 0 Å². The van der Waals surface area contributed by atoms with Crippen LogP contribution >= 0.6 is 0 Å². The van der Waals surface area contributed by atoms with Gasteiger partial charge in [-0.25, -0.2) is 0 Å². The van der Waals surface area contributed by atoms with E-state index < -0.39 is 0 Å². The smallest absolute Gasteiger partial charge is 0.0793 e. The van der Waals surface area contributed by atoms with Gasteiger partial charge in [-0.2, -0.15) is 0 Å². The topological polar surface area (TPSA) is 45.2 Å². The molecule has 20 heavy (non-hydrogen) atoms. The number of morpholine rings is 2. The first kappa shape index (κ1) is 16.2. The normalized spacial score (nSPS) is 35.1. The number of rotatable bonds is 5. The number of hydrogen-bond acceptors (Lipinski definition) is 5. The van der Waals surface area contributed by atoms with Crippen LogP contribution in [0.1, 0.15) is 27.2 Å². The van der Waals surface area contributed by atoms with Crippen LogP contribution in [0.2, 0.25) is 0 Å². The molecule has 4 unspecified atom stereocenters. The van der Waals surface area contributed by atoms with E-state index in [9.17, 15) is 5.11 Å². The van der Waals surface area contributed by atoms with Gasteiger partial charge in [0.15, 0.2) is 0 Å². The highest BCUT2D eigenvalue weighted by Gasteiger charge is 2.27. The first-order valence-corrected chi connectivity index (χ1v) is 7.96. The molecule has 5 heteroatoms. The minimum absolute atomic E-state index is 0.262. The summed E-state index contributed by atoms with van der Waals surface area (Å²) in [7, 11) is 0. The first-order chi connectivity index (χ1) is 9.58. The van der Waals surface area contributed by atoms with Crippen molar-refractivity contribution in [3.63, 3.8) is 0 Å². The second kappa shape index (κ2) is 7.71. The van der Waals surface area contributed by atoms with Crippen molar-refractivity contribution in [2.45, 2.75) is 51.5 Å². The third-order valence-corrected chi connectivity index (χ3v) is 4.23. The second-order valence-corrected chi connectivity index (χ2v) is 6.26. The zero-order valence-corrected chi connectivity index (χ0v) is 13.1. The zero-order chi connectivity index (χ0) is 14.5. The van der Waals surface area contributed by atoms with Crippen molar-refractivity contribution in [3.8, 4) is 0 Å². The average molecular weight is 286 g/mol. The Morgan fingerprint density at radius 1 is 1.20 bits per heavy atom. The van der Waals surface area contributed by atoms with Crippen LogP contribution in [-0.2, 0) is 9.47 Å². The highest BCUT2D eigenvalue weighted by Crippen LogP contribution is 2.13. The van der Waals surface area contributed by atoms with Crippen molar-refractivity contribution in [1.29, 1.82) is 0 Å². The van der Waals surface area contributed by atoms with E-state index in [1.165, 1.54) is 0 Å². The fourth-order valence-electron chi connectivity index (χ4n) is 3.37. The van der Waals surface area contributed by atoms with Gasteiger partial charge in [-0.15, -0.1) is 0 Å². The van der Waals surface area contributed by atoms with Crippen molar-refractivity contribution in [1.82, 2.24) is 9.80 Å². The molecule has 0 bridgehead atoms. The van der Waals surface area contributed by atoms with Crippen LogP contribution in [0.4, 0.5) is 0 Å². The van der Waals surface area contributed by atoms with E-state index in [1.54, 1.807) is 0 Å². The summed E-state index contributed by atoms with van der Waals surface area (Å²) in [5.41, 5.74) is 0. The number of aliphatic hydroxyl groups excluding tert-OH is 1. The molecule has 0 radical (unpaired) electrons. The van der Waals surface area contributed by atoms with Crippen LogP contribution in [-0.4, -0.2) is 85.2 Å². The van der Waals surface area contributed by atoms with Crippen molar-refractivity contribution < 1.29 is 14.6 Å². The second-order valence-electron chi connectivity index (χ2n) is 6.26. The molecule has 2 aliphatic heterocycles. The summed E-state index contributed by atoms with van der Waals surface area (Å²) in [6.07, 6.45) is 1.31. The van der Waals surface area contributed by atoms with Crippen LogP contribution in [0.15, 0.2) is 0 Å². The maximum Gasteiger partial charge on any atom is 0.0793 e. The Bertz CT molecular complexity index is 280. The van der Waals surface area contributed by atoms with Crippen molar-refractivity contribution in [3.05, 3.63) is 0 Å². The van der Waals surface area contributed by atoms with Crippen LogP contribution in [0.25, 0.3) is 0 Å². The molecule has 2 fully saturated rings. The third kappa shape index (κ3) is 4.67. The Morgan fingerprint density at radius 3 is 2.55 bits per heavy atom. The van der Waals surface area contributed by atoms with E-state index in [4.69, 9.17) is 9.47 Å². The first-order valence-electron chi connectivity index (χ1n) is 7.96. The maximum absolute atomic E-state index is 10.4. The van der Waals surface area contributed by atoms with Gasteiger partial charge in [0, 0.05) is 38.8 Å². The molecule has 2 saturated heterocycles. The Kier molecular flexibility index (Phi) is 6.23. The van der Waals surface area contributed by atoms with Gasteiger partial charge in [-0.3, -0.25) is 9.80 Å². The Labute approximate surface area is 122 Å². The van der Waals surface area contributed by atoms with Gasteiger partial charge in [-0.1, -0.05) is 6.92 Å². The van der Waals surface area contributed by atoms with E-state index in [0.29, 0.717) is 6.04 Å². The lowest BCUT2D eigenvalue weighted by molar-refractivity contribution is -0.0822. The molecule has 2 heterocycles. The molecule has 2 rings (SSSR count). The molecule has 0 aromatic rings. The fourth-order valence-corrected chi connectivity index (χ4v) is 3.37. The van der Waals surface area contributed by atoms with Gasteiger partial charge in [0.05, 0.1) is 31.5 Å². The predicted octanol–water partition coefficient (Wildman–Crippen LogP) is 0.567. The van der Waals surface area contributed by atoms with Crippen LogP contribution in [0, 0.1) is 0 Å². The molecule has 0 spiro atoms. The molecule has 0 amide bonds. The Hall–Kier alpha value is -0.200. The molecule has 118 valence electrons. The molecule has 2 aliphatic rings. The van der Waals surface area contributed by atoms with Crippen molar-refractivity contribution in [2.24, 2.45) is 0 Å². The lowest BCUT2D eigenvalue weighted by Crippen LogP contribution is -2.52. The fraction of sp³-hybridized carbons (Fsp3) is 1.00. The van der Waals surface area contributed by atoms with E-state index in [0.717, 1.165) is 52.4 Å². The summed E-state index contributed by atoms with van der Waals surface area (Å²) in [6, 6.07) is 0.459. The number of hydrogen-bond donors (Lipinski definition) is 1. The standard InChI is InChI=1S/C15H30N2O3/c1-4-14-11-19-6-5-17(14)10-15(18)9-16-7-12(2)20-13(3)8-16/h12-15,18H,4-11H2,1-3H3. The molecular formula is C15H30N2O3. The van der Waals surface area contributed by atoms with Crippen molar-refractivity contribution >= 4 is 0 Å². The zero-order valence-electron chi connectivity index (χ0n) is 13.1. The number of aliphatic hydroxyl groups is 1. The molecular weight excluding hydrogens is 256 g/mol. The minimum atomic E-state index is -0.292. The summed E-state index contributed by atoms with van der Waals surface area (Å²) in [5.74, 6) is 0. The van der Waals surface area contributed by atoms with E-state index >= 15 is 0 Å². The van der Waals surface area contributed by atoms with Crippen LogP contribution in [0.5, 0.6) is 0 Å². The van der Waals surface area contributed by atoms with E-state index in [2.05, 4.69) is 30.6 Å². The highest BCUT2D eigenvalue weighted by molar-refractivity contribution is 4.80. The molecule has 0 aliphatic carbocycles. The molecule has 0 aromatic carbocycles. The number of nitrogens with zero attached hydrogens (tertiary/aromatic N) is 2.